The average molecular weight is 596 g/mol. The van der Waals surface area contributed by atoms with Gasteiger partial charge in [-0.2, -0.15) is 18.4 Å². The molecule has 1 N–H and O–H groups in total. The van der Waals surface area contributed by atoms with Crippen LogP contribution in [0.4, 0.5) is 18.9 Å². The van der Waals surface area contributed by atoms with E-state index < -0.39 is 48.3 Å². The second-order valence-corrected chi connectivity index (χ2v) is 11.3. The number of amides is 2. The summed E-state index contributed by atoms with van der Waals surface area (Å²) in [5.74, 6) is -0.0579. The Labute approximate surface area is 206 Å². The quantitative estimate of drug-likeness (QED) is 0.326. The number of piperidine rings is 1. The highest BCUT2D eigenvalue weighted by atomic mass is 127. The summed E-state index contributed by atoms with van der Waals surface area (Å²) < 4.78 is 41.8. The Balaban J connectivity index is 2.13. The zero-order chi connectivity index (χ0) is 25.0. The van der Waals surface area contributed by atoms with E-state index in [-0.39, 0.29) is 23.6 Å². The molecule has 1 aromatic rings. The number of benzene rings is 1. The Morgan fingerprint density at radius 3 is 2.39 bits per heavy atom. The van der Waals surface area contributed by atoms with Crippen molar-refractivity contribution in [3.63, 3.8) is 0 Å². The number of carbonyl (C=O) groups is 2. The summed E-state index contributed by atoms with van der Waals surface area (Å²) in [6.07, 6.45) is -2.83. The molecule has 0 aromatic heterocycles. The van der Waals surface area contributed by atoms with E-state index in [0.29, 0.717) is 32.4 Å². The normalized spacial score (nSPS) is 15.6. The molecule has 1 aliphatic rings. The predicted molar refractivity (Wildman–Crippen MR) is 131 cm³/mol. The van der Waals surface area contributed by atoms with E-state index in [4.69, 9.17) is 14.5 Å². The standard InChI is InChI=1S/C22H28F3IN4O2S/c1-14(2)11-19(31)29-9-7-17(8-10-29)30(26-33)21(3,4)20(32)28-16-6-5-15(13-27)18(12-16)22(23,24)25/h5-6,12,14,17H,7-11H2,1-4H3,(H,28,32). The highest BCUT2D eigenvalue weighted by Crippen LogP contribution is 2.36. The van der Waals surface area contributed by atoms with Gasteiger partial charge in [0.15, 0.2) is 0 Å². The minimum Gasteiger partial charge on any atom is -0.343 e. The van der Waals surface area contributed by atoms with Gasteiger partial charge in [-0.25, -0.2) is 3.11 Å². The molecule has 2 amide bonds. The number of nitrogens with one attached hydrogen (secondary N) is 1. The van der Waals surface area contributed by atoms with Crippen molar-refractivity contribution in [1.82, 2.24) is 8.01 Å². The lowest BCUT2D eigenvalue weighted by Crippen LogP contribution is -2.55. The van der Waals surface area contributed by atoms with Crippen molar-refractivity contribution in [3.8, 4) is 6.07 Å². The smallest absolute Gasteiger partial charge is 0.343 e. The molecule has 2 rings (SSSR count). The van der Waals surface area contributed by atoms with Gasteiger partial charge in [0.1, 0.15) is 5.54 Å². The predicted octanol–water partition coefficient (Wildman–Crippen LogP) is 5.63. The Morgan fingerprint density at radius 2 is 1.91 bits per heavy atom. The molecule has 0 spiro atoms. The van der Waals surface area contributed by atoms with E-state index in [0.717, 1.165) is 12.1 Å². The average Bonchev–Trinajstić information content (AvgIpc) is 2.73. The maximum atomic E-state index is 13.3. The van der Waals surface area contributed by atoms with Crippen LogP contribution in [-0.2, 0) is 15.8 Å². The third-order valence-electron chi connectivity index (χ3n) is 5.59. The van der Waals surface area contributed by atoms with Gasteiger partial charge < -0.3 is 10.2 Å². The molecule has 0 atom stereocenters. The Morgan fingerprint density at radius 1 is 1.30 bits per heavy atom. The van der Waals surface area contributed by atoms with E-state index in [9.17, 15) is 22.8 Å². The van der Waals surface area contributed by atoms with Crippen LogP contribution in [0.5, 0.6) is 0 Å². The van der Waals surface area contributed by atoms with Gasteiger partial charge in [-0.05, 0) is 60.1 Å². The molecule has 0 bridgehead atoms. The largest absolute Gasteiger partial charge is 0.417 e. The van der Waals surface area contributed by atoms with Crippen molar-refractivity contribution in [2.75, 3.05) is 18.4 Å². The van der Waals surface area contributed by atoms with Gasteiger partial charge in [-0.1, -0.05) is 13.8 Å². The summed E-state index contributed by atoms with van der Waals surface area (Å²) in [7, 11) is 5.42. The molecule has 1 aliphatic heterocycles. The summed E-state index contributed by atoms with van der Waals surface area (Å²) in [5, 5.41) is 11.5. The fraction of sp³-hybridized carbons (Fsp3) is 0.591. The van der Waals surface area contributed by atoms with Crippen LogP contribution in [0.1, 0.15) is 58.1 Å². The van der Waals surface area contributed by atoms with Crippen molar-refractivity contribution < 1.29 is 22.8 Å². The molecule has 1 heterocycles. The fourth-order valence-electron chi connectivity index (χ4n) is 3.75. The van der Waals surface area contributed by atoms with Gasteiger partial charge in [-0.15, -0.1) is 0 Å². The first-order chi connectivity index (χ1) is 15.3. The van der Waals surface area contributed by atoms with E-state index in [1.165, 1.54) is 12.1 Å². The molecule has 1 saturated heterocycles. The zero-order valence-corrected chi connectivity index (χ0v) is 22.0. The molecule has 182 valence electrons. The number of likely N-dealkylation sites (tertiary alicyclic amines) is 1. The molecule has 6 nitrogen and oxygen atoms in total. The summed E-state index contributed by atoms with van der Waals surface area (Å²) >= 11 is -0.932. The maximum absolute atomic E-state index is 13.3. The second kappa shape index (κ2) is 11.2. The summed E-state index contributed by atoms with van der Waals surface area (Å²) in [6, 6.07) is 4.66. The van der Waals surface area contributed by atoms with Crippen LogP contribution in [0.2, 0.25) is 0 Å². The molecule has 1 aromatic carbocycles. The molecule has 0 unspecified atom stereocenters. The lowest BCUT2D eigenvalue weighted by atomic mass is 9.97. The minimum absolute atomic E-state index is 0.0193. The number of nitriles is 1. The van der Waals surface area contributed by atoms with Crippen LogP contribution in [-0.4, -0.2) is 44.5 Å². The molecular weight excluding hydrogens is 568 g/mol. The molecule has 11 heteroatoms. The molecule has 1 fully saturated rings. The maximum Gasteiger partial charge on any atom is 0.417 e. The number of nitrogens with zero attached hydrogens (tertiary/aromatic N) is 3. The van der Waals surface area contributed by atoms with Crippen molar-refractivity contribution >= 4 is 46.3 Å². The highest BCUT2D eigenvalue weighted by molar-refractivity contribution is 14.2. The van der Waals surface area contributed by atoms with E-state index in [1.54, 1.807) is 13.8 Å². The Bertz CT molecular complexity index is 939. The van der Waals surface area contributed by atoms with E-state index >= 15 is 0 Å². The van der Waals surface area contributed by atoms with E-state index in [1.807, 2.05) is 21.9 Å². The van der Waals surface area contributed by atoms with Gasteiger partial charge in [0.05, 0.1) is 17.2 Å². The van der Waals surface area contributed by atoms with Crippen LogP contribution >= 0.6 is 28.8 Å². The number of halogens is 4. The SMILES string of the molecule is CC(C)CC(=O)N1CCC(N(I=S)C(C)(C)C(=O)Nc2ccc(C#N)c(C(F)(F)F)c2)CC1. The van der Waals surface area contributed by atoms with Gasteiger partial charge in [0.2, 0.25) is 11.8 Å². The third-order valence-corrected chi connectivity index (χ3v) is 9.00. The van der Waals surface area contributed by atoms with Gasteiger partial charge in [0, 0.05) is 50.8 Å². The second-order valence-electron chi connectivity index (χ2n) is 8.97. The Hall–Kier alpha value is -1.65. The molecule has 0 radical (unpaired) electrons. The Kier molecular flexibility index (Phi) is 9.35. The number of anilines is 1. The molecule has 33 heavy (non-hydrogen) atoms. The summed E-state index contributed by atoms with van der Waals surface area (Å²) in [6.45, 7) is 8.60. The zero-order valence-electron chi connectivity index (χ0n) is 19.0. The highest BCUT2D eigenvalue weighted by Gasteiger charge is 2.40. The number of alkyl halides is 3. The van der Waals surface area contributed by atoms with Crippen LogP contribution in [0.3, 0.4) is 0 Å². The van der Waals surface area contributed by atoms with Crippen LogP contribution < -0.4 is 5.32 Å². The van der Waals surface area contributed by atoms with Gasteiger partial charge >= 0.3 is 6.18 Å². The van der Waals surface area contributed by atoms with Crippen LogP contribution in [0.15, 0.2) is 18.2 Å². The van der Waals surface area contributed by atoms with Crippen molar-refractivity contribution in [1.29, 1.82) is 5.26 Å². The monoisotopic (exact) mass is 596 g/mol. The van der Waals surface area contributed by atoms with Crippen molar-refractivity contribution in [2.45, 2.75) is 64.7 Å². The fourth-order valence-corrected chi connectivity index (χ4v) is 7.26. The summed E-state index contributed by atoms with van der Waals surface area (Å²) in [5.41, 5.74) is -2.67. The van der Waals surface area contributed by atoms with Gasteiger partial charge in [0.25, 0.3) is 0 Å². The first kappa shape index (κ1) is 27.6. The lowest BCUT2D eigenvalue weighted by Gasteiger charge is -2.42. The molecule has 0 aliphatic carbocycles. The first-order valence-electron chi connectivity index (χ1n) is 10.6. The van der Waals surface area contributed by atoms with Crippen LogP contribution in [0, 0.1) is 17.2 Å². The third kappa shape index (κ3) is 6.93. The van der Waals surface area contributed by atoms with Crippen molar-refractivity contribution in [3.05, 3.63) is 29.3 Å². The first-order valence-corrected chi connectivity index (χ1v) is 14.5. The van der Waals surface area contributed by atoms with Crippen LogP contribution in [0.25, 0.3) is 0 Å². The minimum atomic E-state index is -4.71. The van der Waals surface area contributed by atoms with Crippen molar-refractivity contribution in [2.24, 2.45) is 5.92 Å². The number of rotatable bonds is 7. The number of hydrogen-bond acceptors (Lipinski definition) is 4. The number of carbonyl (C=O) groups excluding carboxylic acids is 2. The lowest BCUT2D eigenvalue weighted by molar-refractivity contribution is -0.137. The van der Waals surface area contributed by atoms with E-state index in [2.05, 4.69) is 5.32 Å². The molecule has 0 saturated carbocycles. The summed E-state index contributed by atoms with van der Waals surface area (Å²) in [4.78, 5) is 27.3. The van der Waals surface area contributed by atoms with Gasteiger partial charge in [-0.3, -0.25) is 9.59 Å². The molecular formula is C22H28F3IN4O2S. The topological polar surface area (TPSA) is 76.4 Å². The number of hydrogen-bond donors (Lipinski definition) is 1.